The van der Waals surface area contributed by atoms with Crippen molar-refractivity contribution in [3.8, 4) is 5.75 Å². The quantitative estimate of drug-likeness (QED) is 0.278. The van der Waals surface area contributed by atoms with Gasteiger partial charge in [0.05, 0.1) is 16.8 Å². The highest BCUT2D eigenvalue weighted by molar-refractivity contribution is 6.81. The summed E-state index contributed by atoms with van der Waals surface area (Å²) in [5.74, 6) is -0.307. The van der Waals surface area contributed by atoms with E-state index in [1.807, 2.05) is 33.9 Å². The summed E-state index contributed by atoms with van der Waals surface area (Å²) >= 11 is 0. The molecule has 1 unspecified atom stereocenters. The maximum Gasteiger partial charge on any atom is 0.433 e. The Labute approximate surface area is 188 Å². The van der Waals surface area contributed by atoms with Crippen LogP contribution in [0.2, 0.25) is 18.1 Å². The second-order valence-electron chi connectivity index (χ2n) is 9.43. The second-order valence-corrected chi connectivity index (χ2v) is 14.9. The van der Waals surface area contributed by atoms with E-state index < -0.39 is 42.9 Å². The lowest BCUT2D eigenvalue weighted by molar-refractivity contribution is -0.142. The van der Waals surface area contributed by atoms with E-state index in [0.717, 1.165) is 6.07 Å². The van der Waals surface area contributed by atoms with Crippen LogP contribution in [0.4, 0.5) is 26.3 Å². The van der Waals surface area contributed by atoms with Crippen LogP contribution in [0.5, 0.6) is 5.75 Å². The van der Waals surface area contributed by atoms with Crippen molar-refractivity contribution in [2.75, 3.05) is 0 Å². The van der Waals surface area contributed by atoms with Crippen LogP contribution in [0.15, 0.2) is 48.7 Å². The van der Waals surface area contributed by atoms with Gasteiger partial charge in [0, 0.05) is 17.6 Å². The van der Waals surface area contributed by atoms with Gasteiger partial charge < -0.3 is 4.74 Å². The Hall–Kier alpha value is -2.62. The maximum absolute atomic E-state index is 13.6. The molecule has 2 heterocycles. The minimum atomic E-state index is -4.96. The van der Waals surface area contributed by atoms with E-state index in [0.29, 0.717) is 17.8 Å². The first-order valence-electron chi connectivity index (χ1n) is 10.2. The molecule has 0 aliphatic rings. The number of hydrogen-bond donors (Lipinski definition) is 0. The van der Waals surface area contributed by atoms with Crippen molar-refractivity contribution in [1.29, 1.82) is 0 Å². The SMILES string of the molecule is CC(C)(C)[Si](C)(C)C(Oc1cc(C(F)(F)F)nc2c(C(F)(F)F)cccc12)c1ccccn1. The predicted molar refractivity (Wildman–Crippen MR) is 117 cm³/mol. The standard InChI is InChI=1S/C23H24F6N2OSi/c1-21(2,3)33(4,5)20(16-11-6-7-12-30-16)32-17-13-18(23(27,28)29)31-19-14(17)9-8-10-15(19)22(24,25)26/h6-13,20H,1-5H3. The number of aromatic nitrogens is 2. The predicted octanol–water partition coefficient (Wildman–Crippen LogP) is 7.84. The summed E-state index contributed by atoms with van der Waals surface area (Å²) in [5.41, 5.74) is -3.71. The number of nitrogens with zero attached hydrogens (tertiary/aromatic N) is 2. The number of pyridine rings is 2. The maximum atomic E-state index is 13.6. The third kappa shape index (κ3) is 5.00. The molecule has 0 bridgehead atoms. The molecule has 10 heteroatoms. The Morgan fingerprint density at radius 1 is 0.879 bits per heavy atom. The van der Waals surface area contributed by atoms with Gasteiger partial charge in [-0.1, -0.05) is 46.0 Å². The van der Waals surface area contributed by atoms with Crippen molar-refractivity contribution >= 4 is 19.0 Å². The van der Waals surface area contributed by atoms with Crippen LogP contribution in [0, 0.1) is 0 Å². The van der Waals surface area contributed by atoms with E-state index in [1.165, 1.54) is 6.07 Å². The molecule has 0 aliphatic carbocycles. The van der Waals surface area contributed by atoms with E-state index >= 15 is 0 Å². The molecule has 0 aliphatic heterocycles. The van der Waals surface area contributed by atoms with E-state index in [-0.39, 0.29) is 16.2 Å². The van der Waals surface area contributed by atoms with Gasteiger partial charge in [0.2, 0.25) is 0 Å². The number of fused-ring (bicyclic) bond motifs is 1. The van der Waals surface area contributed by atoms with Crippen LogP contribution < -0.4 is 4.74 Å². The van der Waals surface area contributed by atoms with Crippen molar-refractivity contribution < 1.29 is 31.1 Å². The van der Waals surface area contributed by atoms with Gasteiger partial charge in [-0.2, -0.15) is 26.3 Å². The van der Waals surface area contributed by atoms with Crippen molar-refractivity contribution in [3.63, 3.8) is 0 Å². The summed E-state index contributed by atoms with van der Waals surface area (Å²) in [6.45, 7) is 10.0. The molecule has 0 N–H and O–H groups in total. The number of hydrogen-bond acceptors (Lipinski definition) is 3. The molecule has 0 radical (unpaired) electrons. The van der Waals surface area contributed by atoms with Gasteiger partial charge in [-0.15, -0.1) is 0 Å². The Balaban J connectivity index is 2.30. The number of alkyl halides is 6. The van der Waals surface area contributed by atoms with E-state index in [4.69, 9.17) is 4.74 Å². The van der Waals surface area contributed by atoms with E-state index in [2.05, 4.69) is 9.97 Å². The molecule has 3 aromatic rings. The largest absolute Gasteiger partial charge is 0.487 e. The van der Waals surface area contributed by atoms with Crippen LogP contribution in [0.25, 0.3) is 10.9 Å². The Morgan fingerprint density at radius 2 is 1.55 bits per heavy atom. The zero-order chi connectivity index (χ0) is 24.8. The number of ether oxygens (including phenoxy) is 1. The van der Waals surface area contributed by atoms with Gasteiger partial charge >= 0.3 is 12.4 Å². The average molecular weight is 487 g/mol. The van der Waals surface area contributed by atoms with Crippen LogP contribution in [-0.4, -0.2) is 18.0 Å². The molecular formula is C23H24F6N2OSi. The summed E-state index contributed by atoms with van der Waals surface area (Å²) in [5, 5.41) is -0.403. The van der Waals surface area contributed by atoms with Gasteiger partial charge in [-0.25, -0.2) is 4.98 Å². The number of halogens is 6. The molecule has 0 amide bonds. The minimum Gasteiger partial charge on any atom is -0.487 e. The van der Waals surface area contributed by atoms with Crippen LogP contribution in [0.3, 0.4) is 0 Å². The Bertz CT molecular complexity index is 1140. The van der Waals surface area contributed by atoms with Crippen molar-refractivity contribution in [1.82, 2.24) is 9.97 Å². The molecule has 2 aromatic heterocycles. The fourth-order valence-corrected chi connectivity index (χ4v) is 5.44. The third-order valence-electron chi connectivity index (χ3n) is 6.19. The summed E-state index contributed by atoms with van der Waals surface area (Å²) in [4.78, 5) is 7.69. The van der Waals surface area contributed by atoms with Crippen molar-refractivity contribution in [2.45, 2.75) is 57.0 Å². The zero-order valence-corrected chi connectivity index (χ0v) is 19.8. The summed E-state index contributed by atoms with van der Waals surface area (Å²) in [6.07, 6.45) is -8.29. The Kier molecular flexibility index (Phi) is 6.29. The highest BCUT2D eigenvalue weighted by Crippen LogP contribution is 2.47. The van der Waals surface area contributed by atoms with Crippen molar-refractivity contribution in [2.24, 2.45) is 0 Å². The fourth-order valence-electron chi connectivity index (χ4n) is 3.32. The first-order valence-corrected chi connectivity index (χ1v) is 13.3. The number of para-hydroxylation sites is 1. The molecule has 0 fully saturated rings. The lowest BCUT2D eigenvalue weighted by atomic mass is 10.1. The monoisotopic (exact) mass is 486 g/mol. The molecule has 0 spiro atoms. The molecule has 1 atom stereocenters. The van der Waals surface area contributed by atoms with Crippen LogP contribution in [-0.2, 0) is 12.4 Å². The first kappa shape index (κ1) is 25.0. The highest BCUT2D eigenvalue weighted by Gasteiger charge is 2.46. The van der Waals surface area contributed by atoms with Gasteiger partial charge in [-0.3, -0.25) is 4.98 Å². The Morgan fingerprint density at radius 3 is 2.06 bits per heavy atom. The van der Waals surface area contributed by atoms with Crippen molar-refractivity contribution in [3.05, 3.63) is 65.6 Å². The normalized spacial score (nSPS) is 14.4. The molecule has 3 nitrogen and oxygen atoms in total. The molecule has 3 rings (SSSR count). The molecule has 0 saturated heterocycles. The lowest BCUT2D eigenvalue weighted by Gasteiger charge is -2.42. The third-order valence-corrected chi connectivity index (χ3v) is 11.8. The van der Waals surface area contributed by atoms with E-state index in [9.17, 15) is 26.3 Å². The smallest absolute Gasteiger partial charge is 0.433 e. The highest BCUT2D eigenvalue weighted by atomic mass is 28.3. The lowest BCUT2D eigenvalue weighted by Crippen LogP contribution is -2.46. The zero-order valence-electron chi connectivity index (χ0n) is 18.8. The van der Waals surface area contributed by atoms with E-state index in [1.54, 1.807) is 24.4 Å². The first-order chi connectivity index (χ1) is 15.0. The van der Waals surface area contributed by atoms with Gasteiger partial charge in [0.15, 0.2) is 0 Å². The number of rotatable bonds is 4. The van der Waals surface area contributed by atoms with Crippen LogP contribution in [0.1, 0.15) is 43.4 Å². The summed E-state index contributed by atoms with van der Waals surface area (Å²) in [6, 6.07) is 8.95. The van der Waals surface area contributed by atoms with Gasteiger partial charge in [0.25, 0.3) is 0 Å². The summed E-state index contributed by atoms with van der Waals surface area (Å²) < 4.78 is 87.8. The molecule has 178 valence electrons. The second kappa shape index (κ2) is 8.30. The molecule has 1 aromatic carbocycles. The molecule has 0 saturated carbocycles. The molecular weight excluding hydrogens is 462 g/mol. The minimum absolute atomic E-state index is 0.141. The number of benzene rings is 1. The van der Waals surface area contributed by atoms with Gasteiger partial charge in [-0.05, 0) is 29.3 Å². The summed E-state index contributed by atoms with van der Waals surface area (Å²) in [7, 11) is -2.47. The average Bonchev–Trinajstić information content (AvgIpc) is 2.69. The molecule has 33 heavy (non-hydrogen) atoms. The van der Waals surface area contributed by atoms with Gasteiger partial charge in [0.1, 0.15) is 25.2 Å². The topological polar surface area (TPSA) is 35.0 Å². The van der Waals surface area contributed by atoms with Crippen LogP contribution >= 0.6 is 0 Å². The fraction of sp³-hybridized carbons (Fsp3) is 0.391.